The monoisotopic (exact) mass is 271 g/mol. The predicted molar refractivity (Wildman–Crippen MR) is 73.6 cm³/mol. The van der Waals surface area contributed by atoms with E-state index >= 15 is 0 Å². The molecule has 108 valence electrons. The van der Waals surface area contributed by atoms with Gasteiger partial charge in [0.05, 0.1) is 0 Å². The highest BCUT2D eigenvalue weighted by Gasteiger charge is 2.11. The zero-order valence-electron chi connectivity index (χ0n) is 11.8. The Morgan fingerprint density at radius 2 is 1.79 bits per heavy atom. The largest absolute Gasteiger partial charge is 0.435 e. The van der Waals surface area contributed by atoms with Crippen LogP contribution in [0.1, 0.15) is 51.6 Å². The zero-order chi connectivity index (χ0) is 14.3. The van der Waals surface area contributed by atoms with Crippen molar-refractivity contribution in [1.29, 1.82) is 0 Å². The summed E-state index contributed by atoms with van der Waals surface area (Å²) in [6.07, 6.45) is 3.39. The minimum Gasteiger partial charge on any atom is -0.435 e. The minimum absolute atomic E-state index is 0.201. The van der Waals surface area contributed by atoms with Crippen molar-refractivity contribution in [3.05, 3.63) is 29.8 Å². The highest BCUT2D eigenvalue weighted by atomic mass is 19.3. The molecule has 1 aromatic rings. The van der Waals surface area contributed by atoms with E-state index in [0.717, 1.165) is 24.8 Å². The van der Waals surface area contributed by atoms with E-state index in [0.29, 0.717) is 6.04 Å². The van der Waals surface area contributed by atoms with Gasteiger partial charge in [0.15, 0.2) is 0 Å². The van der Waals surface area contributed by atoms with Crippen LogP contribution in [-0.2, 0) is 0 Å². The van der Waals surface area contributed by atoms with E-state index in [1.165, 1.54) is 0 Å². The SMILES string of the molecule is CCCC(CC)NC(C)c1ccc(OC(F)F)cc1. The number of nitrogens with one attached hydrogen (secondary N) is 1. The maximum Gasteiger partial charge on any atom is 0.387 e. The lowest BCUT2D eigenvalue weighted by molar-refractivity contribution is -0.0498. The first-order valence-corrected chi connectivity index (χ1v) is 6.87. The van der Waals surface area contributed by atoms with E-state index in [1.54, 1.807) is 12.1 Å². The van der Waals surface area contributed by atoms with Gasteiger partial charge in [0, 0.05) is 12.1 Å². The fourth-order valence-electron chi connectivity index (χ4n) is 2.14. The Balaban J connectivity index is 2.59. The van der Waals surface area contributed by atoms with Gasteiger partial charge in [-0.05, 0) is 37.5 Å². The predicted octanol–water partition coefficient (Wildman–Crippen LogP) is 4.52. The average molecular weight is 271 g/mol. The van der Waals surface area contributed by atoms with Gasteiger partial charge in [-0.2, -0.15) is 8.78 Å². The summed E-state index contributed by atoms with van der Waals surface area (Å²) >= 11 is 0. The lowest BCUT2D eigenvalue weighted by Crippen LogP contribution is -2.30. The molecule has 0 radical (unpaired) electrons. The van der Waals surface area contributed by atoms with E-state index < -0.39 is 6.61 Å². The van der Waals surface area contributed by atoms with Gasteiger partial charge < -0.3 is 10.1 Å². The third kappa shape index (κ3) is 5.55. The molecular formula is C15H23F2NO. The fraction of sp³-hybridized carbons (Fsp3) is 0.600. The first kappa shape index (κ1) is 15.9. The molecule has 0 spiro atoms. The van der Waals surface area contributed by atoms with Gasteiger partial charge in [-0.25, -0.2) is 0 Å². The van der Waals surface area contributed by atoms with E-state index in [2.05, 4.69) is 30.8 Å². The molecule has 19 heavy (non-hydrogen) atoms. The standard InChI is InChI=1S/C15H23F2NO/c1-4-6-13(5-2)18-11(3)12-7-9-14(10-8-12)19-15(16)17/h7-11,13,15,18H,4-6H2,1-3H3. The molecule has 2 unspecified atom stereocenters. The Morgan fingerprint density at radius 3 is 2.26 bits per heavy atom. The van der Waals surface area contributed by atoms with Gasteiger partial charge in [0.2, 0.25) is 0 Å². The summed E-state index contributed by atoms with van der Waals surface area (Å²) in [5.74, 6) is 0.201. The maximum absolute atomic E-state index is 12.0. The van der Waals surface area contributed by atoms with Gasteiger partial charge in [-0.3, -0.25) is 0 Å². The summed E-state index contributed by atoms with van der Waals surface area (Å²) in [5, 5.41) is 3.56. The summed E-state index contributed by atoms with van der Waals surface area (Å²) in [4.78, 5) is 0. The number of rotatable bonds is 8. The first-order chi connectivity index (χ1) is 9.06. The Morgan fingerprint density at radius 1 is 1.16 bits per heavy atom. The molecule has 0 saturated heterocycles. The Hall–Kier alpha value is -1.16. The molecule has 1 N–H and O–H groups in total. The van der Waals surface area contributed by atoms with Crippen molar-refractivity contribution < 1.29 is 13.5 Å². The maximum atomic E-state index is 12.0. The van der Waals surface area contributed by atoms with Crippen molar-refractivity contribution >= 4 is 0 Å². The van der Waals surface area contributed by atoms with Crippen molar-refractivity contribution in [2.45, 2.75) is 58.7 Å². The Labute approximate surface area is 114 Å². The van der Waals surface area contributed by atoms with Crippen LogP contribution in [-0.4, -0.2) is 12.7 Å². The summed E-state index contributed by atoms with van der Waals surface area (Å²) < 4.78 is 28.4. The van der Waals surface area contributed by atoms with Crippen molar-refractivity contribution in [2.24, 2.45) is 0 Å². The highest BCUT2D eigenvalue weighted by Crippen LogP contribution is 2.20. The number of halogens is 2. The van der Waals surface area contributed by atoms with E-state index in [4.69, 9.17) is 0 Å². The lowest BCUT2D eigenvalue weighted by Gasteiger charge is -2.22. The van der Waals surface area contributed by atoms with Crippen LogP contribution in [0.3, 0.4) is 0 Å². The second kappa shape index (κ2) is 8.10. The van der Waals surface area contributed by atoms with Crippen molar-refractivity contribution in [3.8, 4) is 5.75 Å². The van der Waals surface area contributed by atoms with E-state index in [1.807, 2.05) is 12.1 Å². The Kier molecular flexibility index (Phi) is 6.78. The number of hydrogen-bond donors (Lipinski definition) is 1. The van der Waals surface area contributed by atoms with Gasteiger partial charge in [-0.15, -0.1) is 0 Å². The third-order valence-corrected chi connectivity index (χ3v) is 3.22. The summed E-state index contributed by atoms with van der Waals surface area (Å²) in [7, 11) is 0. The molecule has 0 aliphatic rings. The molecular weight excluding hydrogens is 248 g/mol. The van der Waals surface area contributed by atoms with E-state index in [9.17, 15) is 8.78 Å². The van der Waals surface area contributed by atoms with Crippen LogP contribution < -0.4 is 10.1 Å². The third-order valence-electron chi connectivity index (χ3n) is 3.22. The van der Waals surface area contributed by atoms with Gasteiger partial charge in [0.25, 0.3) is 0 Å². The number of alkyl halides is 2. The quantitative estimate of drug-likeness (QED) is 0.750. The molecule has 2 nitrogen and oxygen atoms in total. The van der Waals surface area contributed by atoms with Crippen LogP contribution in [0.4, 0.5) is 8.78 Å². The van der Waals surface area contributed by atoms with Crippen LogP contribution in [0.5, 0.6) is 5.75 Å². The van der Waals surface area contributed by atoms with E-state index in [-0.39, 0.29) is 11.8 Å². The average Bonchev–Trinajstić information content (AvgIpc) is 2.38. The van der Waals surface area contributed by atoms with Crippen LogP contribution in [0, 0.1) is 0 Å². The van der Waals surface area contributed by atoms with Crippen molar-refractivity contribution in [1.82, 2.24) is 5.32 Å². The van der Waals surface area contributed by atoms with Crippen LogP contribution in [0.2, 0.25) is 0 Å². The molecule has 2 atom stereocenters. The highest BCUT2D eigenvalue weighted by molar-refractivity contribution is 5.29. The molecule has 0 amide bonds. The second-order valence-electron chi connectivity index (χ2n) is 4.73. The molecule has 1 rings (SSSR count). The van der Waals surface area contributed by atoms with Gasteiger partial charge >= 0.3 is 6.61 Å². The molecule has 0 aromatic heterocycles. The normalized spacial score (nSPS) is 14.4. The van der Waals surface area contributed by atoms with Crippen LogP contribution >= 0.6 is 0 Å². The molecule has 0 heterocycles. The molecule has 0 aliphatic heterocycles. The molecule has 0 fully saturated rings. The van der Waals surface area contributed by atoms with Crippen molar-refractivity contribution in [2.75, 3.05) is 0 Å². The number of benzene rings is 1. The fourth-order valence-corrected chi connectivity index (χ4v) is 2.14. The van der Waals surface area contributed by atoms with Gasteiger partial charge in [-0.1, -0.05) is 32.4 Å². The lowest BCUT2D eigenvalue weighted by atomic mass is 10.0. The zero-order valence-corrected chi connectivity index (χ0v) is 11.8. The topological polar surface area (TPSA) is 21.3 Å². The summed E-state index contributed by atoms with van der Waals surface area (Å²) in [6.45, 7) is 3.65. The second-order valence-corrected chi connectivity index (χ2v) is 4.73. The summed E-state index contributed by atoms with van der Waals surface area (Å²) in [5.41, 5.74) is 1.08. The number of hydrogen-bond acceptors (Lipinski definition) is 2. The molecule has 0 saturated carbocycles. The molecule has 1 aromatic carbocycles. The number of ether oxygens (including phenoxy) is 1. The molecule has 0 bridgehead atoms. The molecule has 4 heteroatoms. The first-order valence-electron chi connectivity index (χ1n) is 6.87. The Bertz CT molecular complexity index is 354. The van der Waals surface area contributed by atoms with Crippen molar-refractivity contribution in [3.63, 3.8) is 0 Å². The minimum atomic E-state index is -2.77. The van der Waals surface area contributed by atoms with Crippen LogP contribution in [0.25, 0.3) is 0 Å². The summed E-state index contributed by atoms with van der Waals surface area (Å²) in [6, 6.07) is 7.53. The smallest absolute Gasteiger partial charge is 0.387 e. The van der Waals surface area contributed by atoms with Gasteiger partial charge in [0.1, 0.15) is 5.75 Å². The molecule has 0 aliphatic carbocycles. The van der Waals surface area contributed by atoms with Crippen LogP contribution in [0.15, 0.2) is 24.3 Å².